The molecule has 0 radical (unpaired) electrons. The molecule has 3 aliphatic rings. The van der Waals surface area contributed by atoms with E-state index in [0.717, 1.165) is 37.8 Å². The van der Waals surface area contributed by atoms with Gasteiger partial charge in [0.25, 0.3) is 5.91 Å². The number of amides is 1. The third-order valence-electron chi connectivity index (χ3n) is 9.26. The highest BCUT2D eigenvalue weighted by Crippen LogP contribution is 2.41. The number of fused-ring (bicyclic) bond motifs is 2. The van der Waals surface area contributed by atoms with E-state index in [4.69, 9.17) is 21.3 Å². The maximum atomic E-state index is 16.0. The normalized spacial score (nSPS) is 22.1. The Morgan fingerprint density at radius 2 is 2.00 bits per heavy atom. The zero-order valence-corrected chi connectivity index (χ0v) is 24.7. The van der Waals surface area contributed by atoms with E-state index < -0.39 is 17.8 Å². The summed E-state index contributed by atoms with van der Waals surface area (Å²) in [4.78, 5) is 31.0. The first-order valence-corrected chi connectivity index (χ1v) is 14.9. The maximum Gasteiger partial charge on any atom is 0.319 e. The monoisotopic (exact) mass is 586 g/mol. The predicted molar refractivity (Wildman–Crippen MR) is 162 cm³/mol. The molecule has 1 aliphatic carbocycles. The highest BCUT2D eigenvalue weighted by Gasteiger charge is 2.35. The summed E-state index contributed by atoms with van der Waals surface area (Å²) in [5.41, 5.74) is 4.37. The van der Waals surface area contributed by atoms with Gasteiger partial charge in [-0.05, 0) is 74.0 Å². The Labute approximate surface area is 250 Å². The van der Waals surface area contributed by atoms with Gasteiger partial charge in [0.05, 0.1) is 5.52 Å². The van der Waals surface area contributed by atoms with Gasteiger partial charge in [-0.3, -0.25) is 4.79 Å². The van der Waals surface area contributed by atoms with E-state index in [9.17, 15) is 9.18 Å². The minimum absolute atomic E-state index is 0.00798. The van der Waals surface area contributed by atoms with Crippen molar-refractivity contribution in [1.82, 2.24) is 19.8 Å². The molecule has 2 saturated heterocycles. The lowest BCUT2D eigenvalue weighted by molar-refractivity contribution is -0.131. The van der Waals surface area contributed by atoms with Gasteiger partial charge in [0.2, 0.25) is 6.54 Å². The third-order valence-corrected chi connectivity index (χ3v) is 9.26. The number of benzene rings is 2. The fourth-order valence-electron chi connectivity index (χ4n) is 6.83. The Morgan fingerprint density at radius 3 is 2.74 bits per heavy atom. The van der Waals surface area contributed by atoms with Crippen molar-refractivity contribution in [3.63, 3.8) is 0 Å². The Morgan fingerprint density at radius 1 is 1.16 bits per heavy atom. The number of aromatic nitrogens is 2. The Bertz CT molecular complexity index is 1620. The zero-order valence-electron chi connectivity index (χ0n) is 24.7. The molecular weight excluding hydrogens is 550 g/mol. The van der Waals surface area contributed by atoms with Crippen molar-refractivity contribution in [3.05, 3.63) is 71.1 Å². The van der Waals surface area contributed by atoms with Crippen molar-refractivity contribution in [2.75, 3.05) is 51.3 Å². The van der Waals surface area contributed by atoms with E-state index in [0.29, 0.717) is 41.4 Å². The largest absolute Gasteiger partial charge is 0.462 e. The number of anilines is 1. The number of likely N-dealkylation sites (N-methyl/N-ethyl adjacent to an activating group) is 1. The average Bonchev–Trinajstić information content (AvgIpc) is 3.59. The first kappa shape index (κ1) is 29.0. The molecule has 1 aromatic heterocycles. The summed E-state index contributed by atoms with van der Waals surface area (Å²) in [6.07, 6.45) is 4.07. The predicted octanol–water partition coefficient (Wildman–Crippen LogP) is 5.38. The van der Waals surface area contributed by atoms with Crippen LogP contribution in [0.5, 0.6) is 6.01 Å². The number of nitrogens with zero attached hydrogens (tertiary/aromatic N) is 6. The van der Waals surface area contributed by atoms with Crippen LogP contribution in [0.4, 0.5) is 14.6 Å². The lowest BCUT2D eigenvalue weighted by Gasteiger charge is -2.39. The highest BCUT2D eigenvalue weighted by atomic mass is 19.1. The molecule has 0 saturated carbocycles. The first-order chi connectivity index (χ1) is 20.7. The number of carbonyl (C=O) groups excluding carboxylic acids is 1. The van der Waals surface area contributed by atoms with Crippen LogP contribution in [0.25, 0.3) is 26.9 Å². The SMILES string of the molecule is [C-]#[N+]C[C@H]1CN(c2nc(OC[C@@H]3CCCN3C)nc3cc(-c4cccc5c4CCC5C)c(F)cc23)CCN1C(=O)C(=C)F. The van der Waals surface area contributed by atoms with Gasteiger partial charge in [-0.1, -0.05) is 31.7 Å². The number of likely N-dealkylation sites (tertiary alicyclic amines) is 1. The Hall–Kier alpha value is -4.10. The van der Waals surface area contributed by atoms with E-state index in [-0.39, 0.29) is 37.5 Å². The second-order valence-corrected chi connectivity index (χ2v) is 11.9. The lowest BCUT2D eigenvalue weighted by atomic mass is 9.94. The molecule has 0 spiro atoms. The summed E-state index contributed by atoms with van der Waals surface area (Å²) in [5, 5.41) is 0.517. The molecule has 2 aromatic carbocycles. The fraction of sp³-hybridized carbons (Fsp3) is 0.455. The summed E-state index contributed by atoms with van der Waals surface area (Å²) in [5.74, 6) is -1.33. The van der Waals surface area contributed by atoms with Crippen LogP contribution >= 0.6 is 0 Å². The summed E-state index contributed by atoms with van der Waals surface area (Å²) >= 11 is 0. The van der Waals surface area contributed by atoms with Gasteiger partial charge in [0.1, 0.15) is 24.3 Å². The van der Waals surface area contributed by atoms with E-state index in [1.807, 2.05) is 17.0 Å². The second kappa shape index (κ2) is 11.9. The number of rotatable bonds is 7. The van der Waals surface area contributed by atoms with Crippen LogP contribution in [-0.2, 0) is 11.2 Å². The van der Waals surface area contributed by atoms with Crippen LogP contribution in [0, 0.1) is 12.4 Å². The molecule has 6 rings (SSSR count). The smallest absolute Gasteiger partial charge is 0.319 e. The quantitative estimate of drug-likeness (QED) is 0.274. The van der Waals surface area contributed by atoms with Crippen LogP contribution in [0.3, 0.4) is 0 Å². The van der Waals surface area contributed by atoms with E-state index >= 15 is 4.39 Å². The van der Waals surface area contributed by atoms with Gasteiger partial charge in [-0.2, -0.15) is 9.97 Å². The van der Waals surface area contributed by atoms with Gasteiger partial charge < -0.3 is 24.3 Å². The number of carbonyl (C=O) groups is 1. The minimum atomic E-state index is -1.06. The standard InChI is InChI=1S/C33H36F2N6O2/c1-20-10-11-26-24(20)8-5-9-25(26)27-16-30-28(15-29(27)35)31(38-33(37-30)43-19-22-7-6-12-39(22)4)40-13-14-41(32(42)21(2)34)23(18-40)17-36-3/h5,8-9,15-16,20,22-23H,2,6-7,10-14,17-19H2,1,4H3/t20?,22-,23-/m0/s1. The van der Waals surface area contributed by atoms with Crippen molar-refractivity contribution in [2.45, 2.75) is 50.6 Å². The average molecular weight is 587 g/mol. The number of hydrogen-bond donors (Lipinski definition) is 0. The zero-order chi connectivity index (χ0) is 30.2. The number of ether oxygens (including phenoxy) is 1. The molecule has 0 N–H and O–H groups in total. The van der Waals surface area contributed by atoms with Crippen LogP contribution in [0.2, 0.25) is 0 Å². The topological polar surface area (TPSA) is 66.2 Å². The van der Waals surface area contributed by atoms with Crippen LogP contribution in [-0.4, -0.2) is 84.1 Å². The van der Waals surface area contributed by atoms with Crippen LogP contribution in [0.1, 0.15) is 43.2 Å². The third kappa shape index (κ3) is 5.54. The fourth-order valence-corrected chi connectivity index (χ4v) is 6.83. The molecular formula is C33H36F2N6O2. The molecule has 3 aromatic rings. The lowest BCUT2D eigenvalue weighted by Crippen LogP contribution is -2.56. The molecule has 0 bridgehead atoms. The van der Waals surface area contributed by atoms with Crippen molar-refractivity contribution in [3.8, 4) is 17.1 Å². The number of halogens is 2. The summed E-state index contributed by atoms with van der Waals surface area (Å²) in [6.45, 7) is 14.9. The van der Waals surface area contributed by atoms with E-state index in [2.05, 4.69) is 36.4 Å². The Balaban J connectivity index is 1.41. The van der Waals surface area contributed by atoms with Gasteiger partial charge in [0.15, 0.2) is 5.83 Å². The van der Waals surface area contributed by atoms with Gasteiger partial charge in [-0.15, -0.1) is 0 Å². The summed E-state index contributed by atoms with van der Waals surface area (Å²) in [7, 11) is 2.08. The summed E-state index contributed by atoms with van der Waals surface area (Å²) in [6, 6.07) is 9.23. The minimum Gasteiger partial charge on any atom is -0.462 e. The van der Waals surface area contributed by atoms with E-state index in [1.54, 1.807) is 6.07 Å². The molecule has 43 heavy (non-hydrogen) atoms. The molecule has 3 heterocycles. The molecule has 1 unspecified atom stereocenters. The van der Waals surface area contributed by atoms with Crippen molar-refractivity contribution < 1.29 is 18.3 Å². The molecule has 1 amide bonds. The van der Waals surface area contributed by atoms with Crippen molar-refractivity contribution >= 4 is 22.6 Å². The molecule has 8 nitrogen and oxygen atoms in total. The number of hydrogen-bond acceptors (Lipinski definition) is 6. The summed E-state index contributed by atoms with van der Waals surface area (Å²) < 4.78 is 36.0. The molecule has 2 fully saturated rings. The highest BCUT2D eigenvalue weighted by molar-refractivity contribution is 5.94. The van der Waals surface area contributed by atoms with Gasteiger partial charge in [0, 0.05) is 36.6 Å². The Kier molecular flexibility index (Phi) is 8.01. The van der Waals surface area contributed by atoms with Crippen molar-refractivity contribution in [1.29, 1.82) is 0 Å². The van der Waals surface area contributed by atoms with Crippen molar-refractivity contribution in [2.24, 2.45) is 0 Å². The molecule has 10 heteroatoms. The van der Waals surface area contributed by atoms with Crippen LogP contribution in [0.15, 0.2) is 42.7 Å². The van der Waals surface area contributed by atoms with E-state index in [1.165, 1.54) is 22.1 Å². The molecule has 224 valence electrons. The van der Waals surface area contributed by atoms with Gasteiger partial charge in [-0.25, -0.2) is 15.4 Å². The second-order valence-electron chi connectivity index (χ2n) is 11.9. The number of piperazine rings is 1. The maximum absolute atomic E-state index is 16.0. The van der Waals surface area contributed by atoms with Gasteiger partial charge >= 0.3 is 6.01 Å². The molecule has 2 aliphatic heterocycles. The molecule has 3 atom stereocenters. The first-order valence-electron chi connectivity index (χ1n) is 14.9. The van der Waals surface area contributed by atoms with Crippen LogP contribution < -0.4 is 9.64 Å².